The fourth-order valence-electron chi connectivity index (χ4n) is 0.118. The lowest BCUT2D eigenvalue weighted by molar-refractivity contribution is -0.113. The van der Waals surface area contributed by atoms with Crippen LogP contribution in [0.5, 0.6) is 0 Å². The Balaban J connectivity index is 0. The number of carbonyl (C=O) groups excluding carboxylic acids is 1. The standard InChI is InChI=1S/C3H5NO.C3H8O2/c1-2-3(4)5;1-4-3-5-2/h2H,1H2,(H2,4,5);3H2,1-2H3. The van der Waals surface area contributed by atoms with E-state index in [1.807, 2.05) is 0 Å². The van der Waals surface area contributed by atoms with E-state index in [-0.39, 0.29) is 0 Å². The van der Waals surface area contributed by atoms with Crippen molar-refractivity contribution in [2.75, 3.05) is 21.0 Å². The summed E-state index contributed by atoms with van der Waals surface area (Å²) in [4.78, 5) is 9.47. The lowest BCUT2D eigenvalue weighted by atomic mass is 10.6. The first-order chi connectivity index (χ1) is 4.68. The Labute approximate surface area is 60.6 Å². The Morgan fingerprint density at radius 3 is 1.90 bits per heavy atom. The maximum atomic E-state index is 9.47. The summed E-state index contributed by atoms with van der Waals surface area (Å²) in [5, 5.41) is 0. The first-order valence-electron chi connectivity index (χ1n) is 2.58. The maximum absolute atomic E-state index is 9.47. The van der Waals surface area contributed by atoms with Crippen LogP contribution in [0.1, 0.15) is 0 Å². The normalized spacial score (nSPS) is 7.40. The van der Waals surface area contributed by atoms with Crippen LogP contribution in [0, 0.1) is 0 Å². The zero-order valence-electron chi connectivity index (χ0n) is 6.29. The number of nitrogens with two attached hydrogens (primary N) is 1. The average molecular weight is 147 g/mol. The molecule has 0 bridgehead atoms. The summed E-state index contributed by atoms with van der Waals surface area (Å²) < 4.78 is 8.94. The van der Waals surface area contributed by atoms with Crippen LogP contribution in [0.15, 0.2) is 12.7 Å². The summed E-state index contributed by atoms with van der Waals surface area (Å²) in [6.07, 6.45) is 1.06. The van der Waals surface area contributed by atoms with Crippen LogP contribution < -0.4 is 5.73 Å². The number of amides is 1. The Kier molecular flexibility index (Phi) is 13.1. The molecule has 0 radical (unpaired) electrons. The predicted molar refractivity (Wildman–Crippen MR) is 38.3 cm³/mol. The van der Waals surface area contributed by atoms with Crippen molar-refractivity contribution < 1.29 is 14.3 Å². The number of hydrogen-bond acceptors (Lipinski definition) is 3. The average Bonchev–Trinajstić information content (AvgIpc) is 1.91. The minimum absolute atomic E-state index is 0.389. The van der Waals surface area contributed by atoms with Crippen LogP contribution >= 0.6 is 0 Å². The van der Waals surface area contributed by atoms with E-state index >= 15 is 0 Å². The molecule has 4 heteroatoms. The van der Waals surface area contributed by atoms with E-state index in [9.17, 15) is 4.79 Å². The number of carbonyl (C=O) groups is 1. The Hall–Kier alpha value is -0.870. The third-order valence-corrected chi connectivity index (χ3v) is 0.437. The second-order valence-corrected chi connectivity index (χ2v) is 1.30. The minimum Gasteiger partial charge on any atom is -0.366 e. The highest BCUT2D eigenvalue weighted by atomic mass is 16.6. The smallest absolute Gasteiger partial charge is 0.240 e. The SMILES string of the molecule is C=CC(N)=O.COCOC. The van der Waals surface area contributed by atoms with E-state index in [2.05, 4.69) is 21.8 Å². The molecule has 0 saturated carbocycles. The molecule has 4 nitrogen and oxygen atoms in total. The van der Waals surface area contributed by atoms with Crippen molar-refractivity contribution in [3.63, 3.8) is 0 Å². The third kappa shape index (κ3) is 27.3. The van der Waals surface area contributed by atoms with Gasteiger partial charge in [0, 0.05) is 14.2 Å². The number of ether oxygens (including phenoxy) is 2. The lowest BCUT2D eigenvalue weighted by Gasteiger charge is -1.87. The maximum Gasteiger partial charge on any atom is 0.240 e. The summed E-state index contributed by atoms with van der Waals surface area (Å²) in [5.74, 6) is -0.481. The molecule has 0 aromatic carbocycles. The van der Waals surface area contributed by atoms with Crippen molar-refractivity contribution in [1.29, 1.82) is 0 Å². The van der Waals surface area contributed by atoms with Gasteiger partial charge < -0.3 is 15.2 Å². The fourth-order valence-corrected chi connectivity index (χ4v) is 0.118. The zero-order chi connectivity index (χ0) is 8.41. The van der Waals surface area contributed by atoms with Crippen molar-refractivity contribution >= 4 is 5.91 Å². The molecule has 0 heterocycles. The Bertz CT molecular complexity index is 91.0. The molecule has 0 unspecified atom stereocenters. The number of rotatable bonds is 3. The molecule has 0 rings (SSSR count). The molecule has 0 aromatic rings. The van der Waals surface area contributed by atoms with E-state index in [4.69, 9.17) is 0 Å². The van der Waals surface area contributed by atoms with Crippen LogP contribution in [0.3, 0.4) is 0 Å². The van der Waals surface area contributed by atoms with Gasteiger partial charge in [-0.2, -0.15) is 0 Å². The summed E-state index contributed by atoms with van der Waals surface area (Å²) in [6, 6.07) is 0. The molecule has 0 aliphatic rings. The third-order valence-electron chi connectivity index (χ3n) is 0.437. The molecule has 0 aliphatic carbocycles. The second-order valence-electron chi connectivity index (χ2n) is 1.30. The zero-order valence-corrected chi connectivity index (χ0v) is 6.29. The van der Waals surface area contributed by atoms with Crippen molar-refractivity contribution in [3.05, 3.63) is 12.7 Å². The highest BCUT2D eigenvalue weighted by molar-refractivity contribution is 5.84. The van der Waals surface area contributed by atoms with Gasteiger partial charge in [0.2, 0.25) is 5.91 Å². The first kappa shape index (κ1) is 11.9. The summed E-state index contributed by atoms with van der Waals surface area (Å²) in [6.45, 7) is 3.47. The van der Waals surface area contributed by atoms with Gasteiger partial charge in [0.25, 0.3) is 0 Å². The quantitative estimate of drug-likeness (QED) is 0.447. The van der Waals surface area contributed by atoms with Crippen LogP contribution in [0.4, 0.5) is 0 Å². The van der Waals surface area contributed by atoms with Gasteiger partial charge in [-0.05, 0) is 6.08 Å². The monoisotopic (exact) mass is 147 g/mol. The van der Waals surface area contributed by atoms with E-state index < -0.39 is 5.91 Å². The molecule has 0 atom stereocenters. The van der Waals surface area contributed by atoms with E-state index in [0.29, 0.717) is 6.79 Å². The van der Waals surface area contributed by atoms with Crippen LogP contribution in [0.25, 0.3) is 0 Å². The predicted octanol–water partition coefficient (Wildman–Crippen LogP) is -0.106. The highest BCUT2D eigenvalue weighted by Gasteiger charge is 1.69. The summed E-state index contributed by atoms with van der Waals surface area (Å²) >= 11 is 0. The number of hydrogen-bond donors (Lipinski definition) is 1. The summed E-state index contributed by atoms with van der Waals surface area (Å²) in [5.41, 5.74) is 4.53. The molecular formula is C6H13NO3. The van der Waals surface area contributed by atoms with Crippen molar-refractivity contribution in [3.8, 4) is 0 Å². The van der Waals surface area contributed by atoms with Crippen LogP contribution in [-0.4, -0.2) is 26.9 Å². The van der Waals surface area contributed by atoms with Gasteiger partial charge in [-0.3, -0.25) is 4.79 Å². The lowest BCUT2D eigenvalue weighted by Crippen LogP contribution is -2.04. The van der Waals surface area contributed by atoms with Gasteiger partial charge in [0.05, 0.1) is 0 Å². The Morgan fingerprint density at radius 1 is 1.60 bits per heavy atom. The van der Waals surface area contributed by atoms with E-state index in [1.54, 1.807) is 14.2 Å². The first-order valence-corrected chi connectivity index (χ1v) is 2.58. The summed E-state index contributed by atoms with van der Waals surface area (Å²) in [7, 11) is 3.17. The molecule has 0 spiro atoms. The van der Waals surface area contributed by atoms with Gasteiger partial charge in [0.15, 0.2) is 0 Å². The molecule has 60 valence electrons. The van der Waals surface area contributed by atoms with Crippen LogP contribution in [-0.2, 0) is 14.3 Å². The molecule has 2 N–H and O–H groups in total. The number of methoxy groups -OCH3 is 2. The molecule has 10 heavy (non-hydrogen) atoms. The van der Waals surface area contributed by atoms with Crippen molar-refractivity contribution in [2.24, 2.45) is 5.73 Å². The highest BCUT2D eigenvalue weighted by Crippen LogP contribution is 1.60. The van der Waals surface area contributed by atoms with Gasteiger partial charge >= 0.3 is 0 Å². The van der Waals surface area contributed by atoms with Crippen molar-refractivity contribution in [2.45, 2.75) is 0 Å². The molecular weight excluding hydrogens is 134 g/mol. The van der Waals surface area contributed by atoms with Gasteiger partial charge in [-0.1, -0.05) is 6.58 Å². The van der Waals surface area contributed by atoms with E-state index in [1.165, 1.54) is 0 Å². The second kappa shape index (κ2) is 11.0. The van der Waals surface area contributed by atoms with E-state index in [0.717, 1.165) is 6.08 Å². The number of primary amides is 1. The molecule has 0 aliphatic heterocycles. The topological polar surface area (TPSA) is 61.6 Å². The van der Waals surface area contributed by atoms with Gasteiger partial charge in [-0.25, -0.2) is 0 Å². The largest absolute Gasteiger partial charge is 0.366 e. The van der Waals surface area contributed by atoms with Gasteiger partial charge in [-0.15, -0.1) is 0 Å². The van der Waals surface area contributed by atoms with Crippen LogP contribution in [0.2, 0.25) is 0 Å². The minimum atomic E-state index is -0.481. The molecule has 0 aromatic heterocycles. The fraction of sp³-hybridized carbons (Fsp3) is 0.500. The van der Waals surface area contributed by atoms with Gasteiger partial charge in [0.1, 0.15) is 6.79 Å². The van der Waals surface area contributed by atoms with Crippen molar-refractivity contribution in [1.82, 2.24) is 0 Å². The Morgan fingerprint density at radius 2 is 1.90 bits per heavy atom. The molecule has 0 saturated heterocycles. The molecule has 0 fully saturated rings. The molecule has 1 amide bonds.